The Morgan fingerprint density at radius 1 is 1.07 bits per heavy atom. The van der Waals surface area contributed by atoms with Crippen LogP contribution in [-0.2, 0) is 9.59 Å². The van der Waals surface area contributed by atoms with Gasteiger partial charge in [-0.3, -0.25) is 19.4 Å². The highest BCUT2D eigenvalue weighted by atomic mass is 16.4. The predicted octanol–water partition coefficient (Wildman–Crippen LogP) is 2.02. The van der Waals surface area contributed by atoms with Crippen LogP contribution in [0, 0.1) is 13.8 Å². The molecule has 1 aliphatic heterocycles. The third kappa shape index (κ3) is 8.48. The largest absolute Gasteiger partial charge is 0.481 e. The van der Waals surface area contributed by atoms with Crippen LogP contribution in [0.5, 0.6) is 0 Å². The van der Waals surface area contributed by atoms with Crippen molar-refractivity contribution >= 4 is 41.0 Å². The molecule has 0 radical (unpaired) electrons. The van der Waals surface area contributed by atoms with Crippen LogP contribution < -0.4 is 32.6 Å². The molecule has 1 aliphatic rings. The fourth-order valence-electron chi connectivity index (χ4n) is 3.76. The molecule has 2 aromatic carbocycles. The van der Waals surface area contributed by atoms with Crippen molar-refractivity contribution in [2.75, 3.05) is 34.8 Å². The number of amides is 1. The number of aliphatic carboxylic acids is 2. The summed E-state index contributed by atoms with van der Waals surface area (Å²) in [6.45, 7) is 5.20. The lowest BCUT2D eigenvalue weighted by Gasteiger charge is -2.27. The molecule has 1 amide bonds. The average molecular weight is 552 g/mol. The van der Waals surface area contributed by atoms with Crippen LogP contribution >= 0.6 is 0 Å². The third-order valence-electron chi connectivity index (χ3n) is 6.18. The zero-order valence-corrected chi connectivity index (χ0v) is 22.2. The number of rotatable bonds is 9. The Labute approximate surface area is 230 Å². The van der Waals surface area contributed by atoms with Crippen molar-refractivity contribution < 1.29 is 24.6 Å². The first kappa shape index (κ1) is 29.5. The smallest absolute Gasteiger partial charge is 0.326 e. The minimum Gasteiger partial charge on any atom is -0.481 e. The summed E-state index contributed by atoms with van der Waals surface area (Å²) in [5.74, 6) is -2.64. The number of anilines is 4. The number of aromatic nitrogens is 2. The topological polar surface area (TPSA) is 212 Å². The summed E-state index contributed by atoms with van der Waals surface area (Å²) in [4.78, 5) is 52.6. The summed E-state index contributed by atoms with van der Waals surface area (Å²) in [5, 5.41) is 29.5. The van der Waals surface area contributed by atoms with Gasteiger partial charge in [0.25, 0.3) is 11.5 Å². The van der Waals surface area contributed by atoms with Crippen LogP contribution in [0.4, 0.5) is 23.1 Å². The molecule has 2 heterocycles. The van der Waals surface area contributed by atoms with Gasteiger partial charge in [-0.05, 0) is 55.7 Å². The number of nitrogen functional groups attached to an aromatic ring is 1. The highest BCUT2D eigenvalue weighted by Crippen LogP contribution is 2.20. The van der Waals surface area contributed by atoms with E-state index in [1.165, 1.54) is 23.3 Å². The summed E-state index contributed by atoms with van der Waals surface area (Å²) in [6, 6.07) is 13.3. The lowest BCUT2D eigenvalue weighted by Crippen LogP contribution is -2.41. The van der Waals surface area contributed by atoms with E-state index in [1.807, 2.05) is 0 Å². The maximum atomic E-state index is 12.3. The maximum absolute atomic E-state index is 12.3. The van der Waals surface area contributed by atoms with Gasteiger partial charge in [-0.25, -0.2) is 4.79 Å². The summed E-state index contributed by atoms with van der Waals surface area (Å²) < 4.78 is 0. The van der Waals surface area contributed by atoms with Crippen molar-refractivity contribution in [2.45, 2.75) is 38.8 Å². The molecule has 212 valence electrons. The van der Waals surface area contributed by atoms with Gasteiger partial charge in [0.05, 0.1) is 6.04 Å². The molecule has 1 unspecified atom stereocenters. The Balaban J connectivity index is 0.000000472. The average Bonchev–Trinajstić information content (AvgIpc) is 2.92. The molecule has 4 rings (SSSR count). The first-order chi connectivity index (χ1) is 19.0. The van der Waals surface area contributed by atoms with E-state index in [0.29, 0.717) is 30.3 Å². The van der Waals surface area contributed by atoms with E-state index in [2.05, 4.69) is 69.3 Å². The molecule has 13 heteroatoms. The second-order valence-electron chi connectivity index (χ2n) is 9.24. The molecule has 0 spiro atoms. The fraction of sp³-hybridized carbons (Fsp3) is 0.296. The van der Waals surface area contributed by atoms with Crippen molar-refractivity contribution in [2.24, 2.45) is 0 Å². The van der Waals surface area contributed by atoms with Crippen molar-refractivity contribution in [3.05, 3.63) is 75.6 Å². The number of carbonyl (C=O) groups excluding carboxylic acids is 1. The number of carbonyl (C=O) groups is 3. The Kier molecular flexibility index (Phi) is 10.1. The number of hydrogen-bond donors (Lipinski definition) is 8. The first-order valence-electron chi connectivity index (χ1n) is 12.5. The number of aromatic amines is 1. The van der Waals surface area contributed by atoms with E-state index in [9.17, 15) is 19.2 Å². The molecule has 0 aliphatic carbocycles. The van der Waals surface area contributed by atoms with Gasteiger partial charge in [-0.2, -0.15) is 4.98 Å². The van der Waals surface area contributed by atoms with Gasteiger partial charge in [0.15, 0.2) is 5.82 Å². The zero-order valence-electron chi connectivity index (χ0n) is 22.2. The lowest BCUT2D eigenvalue weighted by molar-refractivity contribution is -0.140. The predicted molar refractivity (Wildman–Crippen MR) is 152 cm³/mol. The SMILES string of the molecule is Cc1ccccc1C.Nc1nc2c(c(=O)[nH]1)NC(CNc1ccc(C(=O)N[C@@H](CCC(=O)O)C(=O)O)cc1)CN2. The molecular weight excluding hydrogens is 518 g/mol. The number of hydrogen-bond acceptors (Lipinski definition) is 9. The van der Waals surface area contributed by atoms with Crippen LogP contribution in [0.25, 0.3) is 0 Å². The third-order valence-corrected chi connectivity index (χ3v) is 6.18. The van der Waals surface area contributed by atoms with Crippen LogP contribution in [-0.4, -0.2) is 63.2 Å². The monoisotopic (exact) mass is 551 g/mol. The number of aryl methyl sites for hydroxylation is 2. The number of nitrogens with two attached hydrogens (primary N) is 1. The molecule has 1 aromatic heterocycles. The Morgan fingerprint density at radius 2 is 1.73 bits per heavy atom. The van der Waals surface area contributed by atoms with Crippen LogP contribution in [0.15, 0.2) is 53.3 Å². The molecule has 0 saturated heterocycles. The number of nitrogens with one attached hydrogen (secondary N) is 5. The molecule has 9 N–H and O–H groups in total. The number of benzene rings is 2. The minimum absolute atomic E-state index is 0.0281. The van der Waals surface area contributed by atoms with Crippen molar-refractivity contribution in [1.29, 1.82) is 0 Å². The Bertz CT molecular complexity index is 1390. The Hall–Kier alpha value is -5.07. The van der Waals surface area contributed by atoms with E-state index in [-0.39, 0.29) is 36.0 Å². The number of carboxylic acids is 2. The van der Waals surface area contributed by atoms with Gasteiger partial charge in [0, 0.05) is 30.8 Å². The normalized spacial score (nSPS) is 14.2. The molecule has 2 atom stereocenters. The number of fused-ring (bicyclic) bond motifs is 1. The number of carboxylic acid groups (broad SMARTS) is 2. The molecule has 40 heavy (non-hydrogen) atoms. The van der Waals surface area contributed by atoms with Crippen LogP contribution in [0.2, 0.25) is 0 Å². The zero-order chi connectivity index (χ0) is 29.2. The highest BCUT2D eigenvalue weighted by molar-refractivity contribution is 5.97. The van der Waals surface area contributed by atoms with E-state index >= 15 is 0 Å². The van der Waals surface area contributed by atoms with Crippen LogP contribution in [0.1, 0.15) is 34.3 Å². The molecular formula is C27H33N7O6. The molecule has 13 nitrogen and oxygen atoms in total. The lowest BCUT2D eigenvalue weighted by atomic mass is 10.1. The van der Waals surface area contributed by atoms with Crippen molar-refractivity contribution in [3.63, 3.8) is 0 Å². The highest BCUT2D eigenvalue weighted by Gasteiger charge is 2.23. The van der Waals surface area contributed by atoms with Crippen LogP contribution in [0.3, 0.4) is 0 Å². The standard InChI is InChI=1S/C19H23N7O6.C8H10/c20-19-25-15-14(17(30)26-19)23-11(8-22-15)7-21-10-3-1-9(2-4-10)16(29)24-12(18(31)32)5-6-13(27)28;1-7-5-3-4-6-8(7)2/h1-4,11-12,21,23H,5-8H2,(H,24,29)(H,27,28)(H,31,32)(H4,20,22,25,26,30);3-6H,1-2H3/t11?,12-;/m0./s1. The second kappa shape index (κ2) is 13.6. The van der Waals surface area contributed by atoms with Gasteiger partial charge < -0.3 is 37.2 Å². The van der Waals surface area contributed by atoms with Gasteiger partial charge in [-0.1, -0.05) is 24.3 Å². The number of H-pyrrole nitrogens is 1. The molecule has 0 fully saturated rings. The van der Waals surface area contributed by atoms with Gasteiger partial charge in [0.1, 0.15) is 11.7 Å². The fourth-order valence-corrected chi connectivity index (χ4v) is 3.76. The van der Waals surface area contributed by atoms with E-state index in [0.717, 1.165) is 0 Å². The van der Waals surface area contributed by atoms with E-state index < -0.39 is 23.9 Å². The molecule has 0 bridgehead atoms. The first-order valence-corrected chi connectivity index (χ1v) is 12.5. The minimum atomic E-state index is -1.30. The summed E-state index contributed by atoms with van der Waals surface area (Å²) in [5.41, 5.74) is 9.14. The summed E-state index contributed by atoms with van der Waals surface area (Å²) in [7, 11) is 0. The van der Waals surface area contributed by atoms with Crippen molar-refractivity contribution in [1.82, 2.24) is 15.3 Å². The maximum Gasteiger partial charge on any atom is 0.326 e. The summed E-state index contributed by atoms with van der Waals surface area (Å²) >= 11 is 0. The second-order valence-corrected chi connectivity index (χ2v) is 9.24. The molecule has 3 aromatic rings. The molecule has 0 saturated carbocycles. The van der Waals surface area contributed by atoms with Gasteiger partial charge in [0.2, 0.25) is 5.95 Å². The quantitative estimate of drug-likeness (QED) is 0.193. The van der Waals surface area contributed by atoms with Crippen molar-refractivity contribution in [3.8, 4) is 0 Å². The summed E-state index contributed by atoms with van der Waals surface area (Å²) in [6.07, 6.45) is -0.587. The van der Waals surface area contributed by atoms with Gasteiger partial charge >= 0.3 is 11.9 Å². The Morgan fingerprint density at radius 3 is 2.30 bits per heavy atom. The van der Waals surface area contributed by atoms with E-state index in [4.69, 9.17) is 15.9 Å². The van der Waals surface area contributed by atoms with E-state index in [1.54, 1.807) is 12.1 Å². The number of nitrogens with zero attached hydrogens (tertiary/aromatic N) is 1. The van der Waals surface area contributed by atoms with Gasteiger partial charge in [-0.15, -0.1) is 0 Å².